The Labute approximate surface area is 78.7 Å². The molecule has 0 saturated heterocycles. The Bertz CT molecular complexity index is 9.61. The molecule has 0 fully saturated rings. The first-order valence-electron chi connectivity index (χ1n) is 0. The van der Waals surface area contributed by atoms with E-state index in [1.54, 1.807) is 0 Å². The molecular weight excluding hydrogens is 331 g/mol. The van der Waals surface area contributed by atoms with Crippen LogP contribution in [0.1, 0.15) is 0 Å². The minimum Gasteiger partial charge on any atom is 0 e. The van der Waals surface area contributed by atoms with Crippen LogP contribution >= 0.6 is 0 Å². The molecule has 0 aromatic carbocycles. The average molecular weight is 340 g/mol. The van der Waals surface area contributed by atoms with Gasteiger partial charge in [-0.2, -0.15) is 0 Å². The van der Waals surface area contributed by atoms with E-state index in [0.29, 0.717) is 0 Å². The van der Waals surface area contributed by atoms with Crippen molar-refractivity contribution >= 4 is 49.3 Å². The smallest absolute Gasteiger partial charge is 0 e. The van der Waals surface area contributed by atoms with Crippen molar-refractivity contribution in [2.75, 3.05) is 0 Å². The number of hydrogen-bond donors (Lipinski definition) is 0. The second-order valence-corrected chi connectivity index (χ2v) is 0. The van der Waals surface area contributed by atoms with Crippen molar-refractivity contribution in [3.63, 3.8) is 0 Å². The first-order chi connectivity index (χ1) is 0. The summed E-state index contributed by atoms with van der Waals surface area (Å²) in [6.45, 7) is 0. The van der Waals surface area contributed by atoms with Crippen LogP contribution in [0.25, 0.3) is 0 Å². The number of hydrogen-bond acceptors (Lipinski definition) is 0. The summed E-state index contributed by atoms with van der Waals surface area (Å²) in [5, 5.41) is 0. The standard InChI is InChI=1S/Bi.Mg.2H2O.Zn.5H/h;;2*1H2;;;;;;. The SMILES string of the molecule is O.O.[BiH3].[MgH2].[Zn]. The second kappa shape index (κ2) is 34.7. The van der Waals surface area contributed by atoms with Crippen LogP contribution in [0.3, 0.4) is 0 Å². The molecule has 0 saturated carbocycles. The fraction of sp³-hybridized carbons (Fsp3) is 0. The summed E-state index contributed by atoms with van der Waals surface area (Å²) in [5.74, 6) is 0. The predicted molar refractivity (Wildman–Crippen MR) is 25.7 cm³/mol. The van der Waals surface area contributed by atoms with Gasteiger partial charge in [0.1, 0.15) is 0 Å². The molecule has 0 amide bonds. The minimum absolute atomic E-state index is 0. The molecule has 30 valence electrons. The quantitative estimate of drug-likeness (QED) is 0.407. The van der Waals surface area contributed by atoms with Crippen LogP contribution in [0, 0.1) is 0 Å². The monoisotopic (exact) mass is 338 g/mol. The fourth-order valence-electron chi connectivity index (χ4n) is 0. The summed E-state index contributed by atoms with van der Waals surface area (Å²) in [5.41, 5.74) is 0. The molecule has 0 unspecified atom stereocenters. The van der Waals surface area contributed by atoms with Gasteiger partial charge in [-0.1, -0.05) is 0 Å². The Morgan fingerprint density at radius 2 is 0.800 bits per heavy atom. The molecule has 4 N–H and O–H groups in total. The van der Waals surface area contributed by atoms with Gasteiger partial charge in [0, 0.05) is 19.5 Å². The molecule has 0 atom stereocenters. The van der Waals surface area contributed by atoms with Gasteiger partial charge in [-0.15, -0.1) is 0 Å². The molecule has 5 heteroatoms. The van der Waals surface area contributed by atoms with E-state index in [1.807, 2.05) is 0 Å². The zero-order valence-corrected chi connectivity index (χ0v) is 10.9. The Morgan fingerprint density at radius 3 is 0.800 bits per heavy atom. The summed E-state index contributed by atoms with van der Waals surface area (Å²) in [7, 11) is 0. The van der Waals surface area contributed by atoms with Crippen molar-refractivity contribution in [3.05, 3.63) is 0 Å². The van der Waals surface area contributed by atoms with Crippen LogP contribution in [0.5, 0.6) is 0 Å². The van der Waals surface area contributed by atoms with Crippen molar-refractivity contribution in [1.82, 2.24) is 0 Å². The molecule has 0 rings (SSSR count). The maximum atomic E-state index is 0. The molecule has 0 aliphatic carbocycles. The van der Waals surface area contributed by atoms with Gasteiger partial charge < -0.3 is 11.0 Å². The average Bonchev–Trinajstić information content (AvgIpc) is 0. The summed E-state index contributed by atoms with van der Waals surface area (Å²) >= 11 is 0. The molecule has 0 aliphatic rings. The molecule has 0 bridgehead atoms. The first kappa shape index (κ1) is 57.4. The van der Waals surface area contributed by atoms with E-state index in [2.05, 4.69) is 0 Å². The summed E-state index contributed by atoms with van der Waals surface area (Å²) in [6.07, 6.45) is 0. The molecule has 5 heavy (non-hydrogen) atoms. The third-order valence-electron chi connectivity index (χ3n) is 0. The normalized spacial score (nSPS) is 0. The molecule has 0 aromatic heterocycles. The van der Waals surface area contributed by atoms with E-state index < -0.39 is 0 Å². The molecule has 0 spiro atoms. The van der Waals surface area contributed by atoms with E-state index in [9.17, 15) is 0 Å². The van der Waals surface area contributed by atoms with Crippen LogP contribution in [0.2, 0.25) is 0 Å². The van der Waals surface area contributed by atoms with Crippen LogP contribution in [0.4, 0.5) is 0 Å². The first-order valence-corrected chi connectivity index (χ1v) is 0. The van der Waals surface area contributed by atoms with E-state index in [1.165, 1.54) is 0 Å². The van der Waals surface area contributed by atoms with E-state index in [0.717, 1.165) is 0 Å². The Morgan fingerprint density at radius 1 is 0.800 bits per heavy atom. The second-order valence-electron chi connectivity index (χ2n) is 0. The Kier molecular flexibility index (Phi) is 398. The molecule has 0 radical (unpaired) electrons. The predicted octanol–water partition coefficient (Wildman–Crippen LogP) is -3.75. The van der Waals surface area contributed by atoms with Crippen molar-refractivity contribution in [3.8, 4) is 0 Å². The van der Waals surface area contributed by atoms with E-state index in [4.69, 9.17) is 0 Å². The molecule has 0 aromatic rings. The fourth-order valence-corrected chi connectivity index (χ4v) is 0. The molecule has 2 nitrogen and oxygen atoms in total. The molecular formula is H9BiMgO2Zn. The maximum absolute atomic E-state index is 0. The van der Waals surface area contributed by atoms with E-state index >= 15 is 0 Å². The van der Waals surface area contributed by atoms with Gasteiger partial charge >= 0.3 is 49.3 Å². The molecule has 0 aliphatic heterocycles. The maximum Gasteiger partial charge on any atom is 0.316 e. The van der Waals surface area contributed by atoms with Gasteiger partial charge in [-0.25, -0.2) is 0 Å². The van der Waals surface area contributed by atoms with Crippen molar-refractivity contribution < 1.29 is 30.4 Å². The summed E-state index contributed by atoms with van der Waals surface area (Å²) in [4.78, 5) is 0. The minimum atomic E-state index is 0. The Balaban J connectivity index is 0. The topological polar surface area (TPSA) is 63.0 Å². The van der Waals surface area contributed by atoms with Crippen LogP contribution in [-0.2, 0) is 19.5 Å². The van der Waals surface area contributed by atoms with Crippen LogP contribution in [0.15, 0.2) is 0 Å². The molecule has 0 heterocycles. The Hall–Kier alpha value is 2.19. The van der Waals surface area contributed by atoms with Crippen molar-refractivity contribution in [2.24, 2.45) is 0 Å². The van der Waals surface area contributed by atoms with Gasteiger partial charge in [0.2, 0.25) is 0 Å². The van der Waals surface area contributed by atoms with Gasteiger partial charge in [0.05, 0.1) is 0 Å². The van der Waals surface area contributed by atoms with Crippen LogP contribution in [-0.4, -0.2) is 60.2 Å². The third kappa shape index (κ3) is 22.6. The van der Waals surface area contributed by atoms with Gasteiger partial charge in [-0.3, -0.25) is 0 Å². The van der Waals surface area contributed by atoms with Gasteiger partial charge in [0.25, 0.3) is 0 Å². The van der Waals surface area contributed by atoms with Gasteiger partial charge in [0.15, 0.2) is 0 Å². The summed E-state index contributed by atoms with van der Waals surface area (Å²) in [6, 6.07) is 0. The van der Waals surface area contributed by atoms with Crippen molar-refractivity contribution in [1.29, 1.82) is 0 Å². The largest absolute Gasteiger partial charge is 0.316 e. The van der Waals surface area contributed by atoms with Crippen LogP contribution < -0.4 is 0 Å². The van der Waals surface area contributed by atoms with Gasteiger partial charge in [-0.05, 0) is 0 Å². The van der Waals surface area contributed by atoms with Crippen molar-refractivity contribution in [2.45, 2.75) is 0 Å². The van der Waals surface area contributed by atoms with E-state index in [-0.39, 0.29) is 79.7 Å². The third-order valence-corrected chi connectivity index (χ3v) is 0. The zero-order valence-electron chi connectivity index (χ0n) is 2.41. The zero-order chi connectivity index (χ0) is 0. The summed E-state index contributed by atoms with van der Waals surface area (Å²) < 4.78 is 0. The number of rotatable bonds is 0.